The number of halogens is 1. The number of hydrogen-bond donors (Lipinski definition) is 2. The van der Waals surface area contributed by atoms with Gasteiger partial charge in [-0.2, -0.15) is 11.8 Å². The standard InChI is InChI=1S/C23H40N4O2S.HI/c1-6-24-22(26-18-23(2,3)30-5)25-17-19-8-7-9-21(16-19)29-15-12-27(4)20-10-13-28-14-11-20;/h7-9,16,20H,6,10-15,17-18H2,1-5H3,(H2,24,25,26);1H. The first kappa shape index (κ1) is 28.3. The normalized spacial score (nSPS) is 15.5. The number of likely N-dealkylation sites (N-methyl/N-ethyl adjacent to an activating group) is 1. The smallest absolute Gasteiger partial charge is 0.191 e. The summed E-state index contributed by atoms with van der Waals surface area (Å²) in [6, 6.07) is 8.86. The van der Waals surface area contributed by atoms with E-state index in [1.165, 1.54) is 0 Å². The van der Waals surface area contributed by atoms with Crippen molar-refractivity contribution in [1.29, 1.82) is 0 Å². The Morgan fingerprint density at radius 3 is 2.71 bits per heavy atom. The van der Waals surface area contributed by atoms with Crippen molar-refractivity contribution < 1.29 is 9.47 Å². The first-order valence-corrected chi connectivity index (χ1v) is 12.2. The van der Waals surface area contributed by atoms with Crippen LogP contribution in [0.4, 0.5) is 0 Å². The van der Waals surface area contributed by atoms with Crippen molar-refractivity contribution >= 4 is 41.7 Å². The molecule has 1 aliphatic heterocycles. The Kier molecular flexibility index (Phi) is 13.9. The fourth-order valence-electron chi connectivity index (χ4n) is 3.23. The summed E-state index contributed by atoms with van der Waals surface area (Å²) in [4.78, 5) is 7.13. The average molecular weight is 565 g/mol. The molecule has 0 aromatic heterocycles. The minimum Gasteiger partial charge on any atom is -0.492 e. The molecule has 0 bridgehead atoms. The van der Waals surface area contributed by atoms with Crippen LogP contribution in [0.1, 0.15) is 39.2 Å². The summed E-state index contributed by atoms with van der Waals surface area (Å²) in [6.45, 7) is 12.2. The number of aliphatic imine (C=N–C) groups is 1. The molecule has 1 aromatic rings. The molecular formula is C23H41IN4O2S. The van der Waals surface area contributed by atoms with E-state index in [9.17, 15) is 0 Å². The van der Waals surface area contributed by atoms with Crippen LogP contribution in [-0.2, 0) is 11.3 Å². The second kappa shape index (κ2) is 15.2. The van der Waals surface area contributed by atoms with Crippen LogP contribution in [0.5, 0.6) is 5.75 Å². The molecular weight excluding hydrogens is 523 g/mol. The molecule has 178 valence electrons. The molecule has 2 N–H and O–H groups in total. The molecule has 1 aliphatic rings. The van der Waals surface area contributed by atoms with Gasteiger partial charge < -0.3 is 20.1 Å². The predicted molar refractivity (Wildman–Crippen MR) is 144 cm³/mol. The monoisotopic (exact) mass is 564 g/mol. The SMILES string of the molecule is CCNC(=NCc1cccc(OCCN(C)C2CCOCC2)c1)NCC(C)(C)SC.I. The van der Waals surface area contributed by atoms with Gasteiger partial charge in [0.25, 0.3) is 0 Å². The van der Waals surface area contributed by atoms with Gasteiger partial charge in [-0.05, 0) is 64.6 Å². The molecule has 31 heavy (non-hydrogen) atoms. The van der Waals surface area contributed by atoms with Gasteiger partial charge in [-0.1, -0.05) is 12.1 Å². The Morgan fingerprint density at radius 1 is 1.29 bits per heavy atom. The summed E-state index contributed by atoms with van der Waals surface area (Å²) in [5, 5.41) is 6.77. The second-order valence-corrected chi connectivity index (χ2v) is 9.85. The molecule has 1 aromatic carbocycles. The third-order valence-electron chi connectivity index (χ3n) is 5.42. The number of guanidine groups is 1. The number of benzene rings is 1. The van der Waals surface area contributed by atoms with Crippen LogP contribution in [0.25, 0.3) is 0 Å². The molecule has 0 aliphatic carbocycles. The molecule has 1 fully saturated rings. The summed E-state index contributed by atoms with van der Waals surface area (Å²) < 4.78 is 11.6. The van der Waals surface area contributed by atoms with E-state index < -0.39 is 0 Å². The number of thioether (sulfide) groups is 1. The molecule has 2 rings (SSSR count). The average Bonchev–Trinajstić information content (AvgIpc) is 2.76. The Bertz CT molecular complexity index is 654. The zero-order valence-corrected chi connectivity index (χ0v) is 22.9. The lowest BCUT2D eigenvalue weighted by Gasteiger charge is -2.31. The zero-order valence-electron chi connectivity index (χ0n) is 19.8. The minimum atomic E-state index is 0. The summed E-state index contributed by atoms with van der Waals surface area (Å²) >= 11 is 1.85. The van der Waals surface area contributed by atoms with Crippen LogP contribution in [0, 0.1) is 0 Å². The summed E-state index contributed by atoms with van der Waals surface area (Å²) in [5.41, 5.74) is 1.15. The summed E-state index contributed by atoms with van der Waals surface area (Å²) in [6.07, 6.45) is 4.36. The molecule has 0 amide bonds. The molecule has 0 saturated carbocycles. The summed E-state index contributed by atoms with van der Waals surface area (Å²) in [5.74, 6) is 1.76. The largest absolute Gasteiger partial charge is 0.492 e. The van der Waals surface area contributed by atoms with Gasteiger partial charge in [0, 0.05) is 43.6 Å². The maximum atomic E-state index is 6.01. The molecule has 0 unspecified atom stereocenters. The number of hydrogen-bond acceptors (Lipinski definition) is 5. The number of nitrogens with zero attached hydrogens (tertiary/aromatic N) is 2. The second-order valence-electron chi connectivity index (χ2n) is 8.33. The van der Waals surface area contributed by atoms with Gasteiger partial charge in [0.15, 0.2) is 5.96 Å². The minimum absolute atomic E-state index is 0. The van der Waals surface area contributed by atoms with E-state index in [0.29, 0.717) is 19.2 Å². The molecule has 0 radical (unpaired) electrons. The fraction of sp³-hybridized carbons (Fsp3) is 0.696. The zero-order chi connectivity index (χ0) is 21.8. The molecule has 0 spiro atoms. The quantitative estimate of drug-likeness (QED) is 0.241. The Hall–Kier alpha value is -0.710. The molecule has 1 saturated heterocycles. The fourth-order valence-corrected chi connectivity index (χ4v) is 3.45. The summed E-state index contributed by atoms with van der Waals surface area (Å²) in [7, 11) is 2.18. The van der Waals surface area contributed by atoms with Gasteiger partial charge in [0.2, 0.25) is 0 Å². The molecule has 1 heterocycles. The lowest BCUT2D eigenvalue weighted by molar-refractivity contribution is 0.0392. The van der Waals surface area contributed by atoms with E-state index in [4.69, 9.17) is 14.5 Å². The van der Waals surface area contributed by atoms with E-state index in [2.05, 4.69) is 61.7 Å². The molecule has 6 nitrogen and oxygen atoms in total. The highest BCUT2D eigenvalue weighted by Crippen LogP contribution is 2.19. The van der Waals surface area contributed by atoms with Crippen molar-refractivity contribution in [2.24, 2.45) is 4.99 Å². The van der Waals surface area contributed by atoms with Crippen LogP contribution in [0.15, 0.2) is 29.3 Å². The van der Waals surface area contributed by atoms with Crippen molar-refractivity contribution in [3.8, 4) is 5.75 Å². The lowest BCUT2D eigenvalue weighted by atomic mass is 10.1. The van der Waals surface area contributed by atoms with E-state index in [0.717, 1.165) is 63.0 Å². The lowest BCUT2D eigenvalue weighted by Crippen LogP contribution is -2.43. The van der Waals surface area contributed by atoms with E-state index in [1.54, 1.807) is 0 Å². The molecule has 8 heteroatoms. The van der Waals surface area contributed by atoms with Gasteiger partial charge >= 0.3 is 0 Å². The van der Waals surface area contributed by atoms with Crippen molar-refractivity contribution in [3.05, 3.63) is 29.8 Å². The van der Waals surface area contributed by atoms with Gasteiger partial charge in [0.05, 0.1) is 6.54 Å². The van der Waals surface area contributed by atoms with Crippen LogP contribution in [0.2, 0.25) is 0 Å². The highest BCUT2D eigenvalue weighted by Gasteiger charge is 2.18. The maximum absolute atomic E-state index is 6.01. The van der Waals surface area contributed by atoms with Crippen molar-refractivity contribution in [2.75, 3.05) is 52.8 Å². The van der Waals surface area contributed by atoms with Gasteiger partial charge in [-0.25, -0.2) is 4.99 Å². The number of rotatable bonds is 11. The van der Waals surface area contributed by atoms with Crippen LogP contribution in [0.3, 0.4) is 0 Å². The first-order chi connectivity index (χ1) is 14.4. The Labute approximate surface area is 210 Å². The van der Waals surface area contributed by atoms with E-state index in [1.807, 2.05) is 23.9 Å². The highest BCUT2D eigenvalue weighted by atomic mass is 127. The van der Waals surface area contributed by atoms with Gasteiger partial charge in [-0.3, -0.25) is 4.90 Å². The first-order valence-electron chi connectivity index (χ1n) is 11.0. The maximum Gasteiger partial charge on any atom is 0.191 e. The van der Waals surface area contributed by atoms with Crippen molar-refractivity contribution in [2.45, 2.75) is 50.9 Å². The highest BCUT2D eigenvalue weighted by molar-refractivity contribution is 14.0. The third kappa shape index (κ3) is 11.1. The van der Waals surface area contributed by atoms with Crippen molar-refractivity contribution in [3.63, 3.8) is 0 Å². The van der Waals surface area contributed by atoms with Crippen LogP contribution < -0.4 is 15.4 Å². The van der Waals surface area contributed by atoms with Gasteiger partial charge in [0.1, 0.15) is 12.4 Å². The van der Waals surface area contributed by atoms with Crippen LogP contribution in [-0.4, -0.2) is 74.4 Å². The Morgan fingerprint density at radius 2 is 2.03 bits per heavy atom. The van der Waals surface area contributed by atoms with Crippen LogP contribution >= 0.6 is 35.7 Å². The van der Waals surface area contributed by atoms with Gasteiger partial charge in [-0.15, -0.1) is 24.0 Å². The van der Waals surface area contributed by atoms with Crippen molar-refractivity contribution in [1.82, 2.24) is 15.5 Å². The predicted octanol–water partition coefficient (Wildman–Crippen LogP) is 3.99. The molecule has 0 atom stereocenters. The van der Waals surface area contributed by atoms with E-state index >= 15 is 0 Å². The number of ether oxygens (including phenoxy) is 2. The number of nitrogens with one attached hydrogen (secondary N) is 2. The topological polar surface area (TPSA) is 58.1 Å². The Balaban J connectivity index is 0.00000480. The van der Waals surface area contributed by atoms with E-state index in [-0.39, 0.29) is 28.7 Å². The third-order valence-corrected chi connectivity index (χ3v) is 6.67.